The fourth-order valence-corrected chi connectivity index (χ4v) is 2.43. The zero-order valence-electron chi connectivity index (χ0n) is 12.8. The zero-order chi connectivity index (χ0) is 15.2. The number of nitrogens with zero attached hydrogens (tertiary/aromatic N) is 2. The minimum absolute atomic E-state index is 0.451. The molecule has 0 unspecified atom stereocenters. The van der Waals surface area contributed by atoms with Gasteiger partial charge in [-0.1, -0.05) is 29.8 Å². The molecule has 0 aliphatic heterocycles. The topological polar surface area (TPSA) is 39.1 Å². The van der Waals surface area contributed by atoms with E-state index in [0.717, 1.165) is 23.2 Å². The van der Waals surface area contributed by atoms with E-state index in [0.29, 0.717) is 12.6 Å². The summed E-state index contributed by atoms with van der Waals surface area (Å²) >= 11 is 3.52. The maximum atomic E-state index is 5.94. The molecule has 0 spiro atoms. The van der Waals surface area contributed by atoms with Gasteiger partial charge in [0, 0.05) is 42.3 Å². The predicted molar refractivity (Wildman–Crippen MR) is 88.5 cm³/mol. The Morgan fingerprint density at radius 2 is 2.19 bits per heavy atom. The van der Waals surface area contributed by atoms with Crippen LogP contribution in [0.15, 0.2) is 35.1 Å². The van der Waals surface area contributed by atoms with Crippen molar-refractivity contribution in [2.45, 2.75) is 32.9 Å². The van der Waals surface area contributed by atoms with Crippen molar-refractivity contribution in [3.05, 3.63) is 46.2 Å². The number of aromatic nitrogens is 2. The molecule has 0 atom stereocenters. The van der Waals surface area contributed by atoms with Gasteiger partial charge >= 0.3 is 0 Å². The third-order valence-electron chi connectivity index (χ3n) is 3.13. The molecule has 21 heavy (non-hydrogen) atoms. The number of aryl methyl sites for hydroxylation is 1. The molecule has 0 radical (unpaired) electrons. The van der Waals surface area contributed by atoms with E-state index in [-0.39, 0.29) is 0 Å². The number of hydrogen-bond acceptors (Lipinski definition) is 3. The summed E-state index contributed by atoms with van der Waals surface area (Å²) in [5.41, 5.74) is 2.36. The SMILES string of the molecule is CC(C)NCc1cc(Br)ccc1OCCc1cnn(C)c1. The van der Waals surface area contributed by atoms with Crippen LogP contribution in [0.3, 0.4) is 0 Å². The van der Waals surface area contributed by atoms with Gasteiger partial charge in [-0.15, -0.1) is 0 Å². The number of hydrogen-bond donors (Lipinski definition) is 1. The summed E-state index contributed by atoms with van der Waals surface area (Å²) in [5, 5.41) is 7.59. The number of halogens is 1. The molecule has 1 aromatic heterocycles. The molecule has 114 valence electrons. The van der Waals surface area contributed by atoms with E-state index in [1.807, 2.05) is 36.3 Å². The lowest BCUT2D eigenvalue weighted by Gasteiger charge is -2.14. The summed E-state index contributed by atoms with van der Waals surface area (Å²) in [7, 11) is 1.93. The van der Waals surface area contributed by atoms with Crippen LogP contribution in [0.4, 0.5) is 0 Å². The van der Waals surface area contributed by atoms with E-state index < -0.39 is 0 Å². The first-order chi connectivity index (χ1) is 10.0. The summed E-state index contributed by atoms with van der Waals surface area (Å²) in [6.07, 6.45) is 4.76. The quantitative estimate of drug-likeness (QED) is 0.831. The Balaban J connectivity index is 1.94. The second-order valence-corrected chi connectivity index (χ2v) is 6.32. The zero-order valence-corrected chi connectivity index (χ0v) is 14.4. The van der Waals surface area contributed by atoms with Crippen molar-refractivity contribution in [1.82, 2.24) is 15.1 Å². The van der Waals surface area contributed by atoms with E-state index in [1.54, 1.807) is 0 Å². The molecule has 2 rings (SSSR count). The van der Waals surface area contributed by atoms with Crippen molar-refractivity contribution in [2.24, 2.45) is 7.05 Å². The first kappa shape index (κ1) is 16.0. The van der Waals surface area contributed by atoms with Crippen LogP contribution in [0.5, 0.6) is 5.75 Å². The lowest BCUT2D eigenvalue weighted by molar-refractivity contribution is 0.317. The third-order valence-corrected chi connectivity index (χ3v) is 3.62. The van der Waals surface area contributed by atoms with Crippen LogP contribution in [-0.4, -0.2) is 22.4 Å². The fraction of sp³-hybridized carbons (Fsp3) is 0.438. The Morgan fingerprint density at radius 3 is 2.86 bits per heavy atom. The molecule has 0 bridgehead atoms. The van der Waals surface area contributed by atoms with Gasteiger partial charge in [0.1, 0.15) is 5.75 Å². The standard InChI is InChI=1S/C16H22BrN3O/c1-12(2)18-10-14-8-15(17)4-5-16(14)21-7-6-13-9-19-20(3)11-13/h4-5,8-9,11-12,18H,6-7,10H2,1-3H3. The van der Waals surface area contributed by atoms with Crippen molar-refractivity contribution in [3.8, 4) is 5.75 Å². The van der Waals surface area contributed by atoms with Gasteiger partial charge in [-0.25, -0.2) is 0 Å². The average molecular weight is 352 g/mol. The highest BCUT2D eigenvalue weighted by atomic mass is 79.9. The Kier molecular flexibility index (Phi) is 5.82. The van der Waals surface area contributed by atoms with E-state index in [1.165, 1.54) is 11.1 Å². The minimum atomic E-state index is 0.451. The Bertz CT molecular complexity index is 581. The van der Waals surface area contributed by atoms with E-state index in [9.17, 15) is 0 Å². The fourth-order valence-electron chi connectivity index (χ4n) is 2.02. The van der Waals surface area contributed by atoms with E-state index in [4.69, 9.17) is 4.74 Å². The molecule has 2 aromatic rings. The van der Waals surface area contributed by atoms with Gasteiger partial charge in [0.05, 0.1) is 12.8 Å². The summed E-state index contributed by atoms with van der Waals surface area (Å²) in [5.74, 6) is 0.940. The van der Waals surface area contributed by atoms with Gasteiger partial charge in [0.2, 0.25) is 0 Å². The largest absolute Gasteiger partial charge is 0.493 e. The van der Waals surface area contributed by atoms with Crippen LogP contribution >= 0.6 is 15.9 Å². The summed E-state index contributed by atoms with van der Waals surface area (Å²) in [6.45, 7) is 5.74. The molecule has 0 amide bonds. The van der Waals surface area contributed by atoms with Crippen molar-refractivity contribution in [1.29, 1.82) is 0 Å². The van der Waals surface area contributed by atoms with Crippen LogP contribution in [0.2, 0.25) is 0 Å². The van der Waals surface area contributed by atoms with Gasteiger partial charge in [-0.2, -0.15) is 5.10 Å². The van der Waals surface area contributed by atoms with Crippen molar-refractivity contribution >= 4 is 15.9 Å². The van der Waals surface area contributed by atoms with Gasteiger partial charge in [-0.05, 0) is 23.8 Å². The highest BCUT2D eigenvalue weighted by Crippen LogP contribution is 2.23. The van der Waals surface area contributed by atoms with Crippen molar-refractivity contribution in [3.63, 3.8) is 0 Å². The van der Waals surface area contributed by atoms with Gasteiger partial charge in [-0.3, -0.25) is 4.68 Å². The number of rotatable bonds is 7. The molecule has 0 saturated carbocycles. The minimum Gasteiger partial charge on any atom is -0.493 e. The lowest BCUT2D eigenvalue weighted by atomic mass is 10.2. The number of nitrogens with one attached hydrogen (secondary N) is 1. The lowest BCUT2D eigenvalue weighted by Crippen LogP contribution is -2.22. The number of ether oxygens (including phenoxy) is 1. The van der Waals surface area contributed by atoms with Gasteiger partial charge < -0.3 is 10.1 Å². The predicted octanol–water partition coefficient (Wildman–Crippen LogP) is 3.30. The molecule has 0 aliphatic rings. The van der Waals surface area contributed by atoms with E-state index >= 15 is 0 Å². The molecule has 0 aliphatic carbocycles. The molecule has 0 saturated heterocycles. The van der Waals surface area contributed by atoms with Crippen LogP contribution in [0, 0.1) is 0 Å². The summed E-state index contributed by atoms with van der Waals surface area (Å²) in [4.78, 5) is 0. The molecular weight excluding hydrogens is 330 g/mol. The molecular formula is C16H22BrN3O. The van der Waals surface area contributed by atoms with Crippen molar-refractivity contribution < 1.29 is 4.74 Å². The highest BCUT2D eigenvalue weighted by molar-refractivity contribution is 9.10. The second-order valence-electron chi connectivity index (χ2n) is 5.41. The molecule has 1 N–H and O–H groups in total. The summed E-state index contributed by atoms with van der Waals surface area (Å²) in [6, 6.07) is 6.59. The van der Waals surface area contributed by atoms with Gasteiger partial charge in [0.25, 0.3) is 0 Å². The highest BCUT2D eigenvalue weighted by Gasteiger charge is 2.06. The van der Waals surface area contributed by atoms with Crippen LogP contribution in [0.25, 0.3) is 0 Å². The smallest absolute Gasteiger partial charge is 0.123 e. The third kappa shape index (κ3) is 5.17. The second kappa shape index (κ2) is 7.61. The Morgan fingerprint density at radius 1 is 1.38 bits per heavy atom. The van der Waals surface area contributed by atoms with E-state index in [2.05, 4.69) is 46.3 Å². The average Bonchev–Trinajstić information content (AvgIpc) is 2.84. The maximum Gasteiger partial charge on any atom is 0.123 e. The molecule has 0 fully saturated rings. The van der Waals surface area contributed by atoms with Gasteiger partial charge in [0.15, 0.2) is 0 Å². The first-order valence-electron chi connectivity index (χ1n) is 7.16. The molecule has 4 nitrogen and oxygen atoms in total. The number of benzene rings is 1. The Hall–Kier alpha value is -1.33. The molecule has 5 heteroatoms. The van der Waals surface area contributed by atoms with Crippen molar-refractivity contribution in [2.75, 3.05) is 6.61 Å². The summed E-state index contributed by atoms with van der Waals surface area (Å²) < 4.78 is 8.82. The maximum absolute atomic E-state index is 5.94. The normalized spacial score (nSPS) is 11.1. The van der Waals surface area contributed by atoms with Crippen LogP contribution in [0.1, 0.15) is 25.0 Å². The Labute approximate surface area is 134 Å². The molecule has 1 heterocycles. The van der Waals surface area contributed by atoms with Crippen LogP contribution in [-0.2, 0) is 20.0 Å². The van der Waals surface area contributed by atoms with Crippen LogP contribution < -0.4 is 10.1 Å². The monoisotopic (exact) mass is 351 g/mol. The molecule has 1 aromatic carbocycles. The first-order valence-corrected chi connectivity index (χ1v) is 7.96.